The van der Waals surface area contributed by atoms with E-state index >= 15 is 0 Å². The fourth-order valence-corrected chi connectivity index (χ4v) is 2.91. The Morgan fingerprint density at radius 3 is 2.75 bits per heavy atom. The van der Waals surface area contributed by atoms with Gasteiger partial charge in [0, 0.05) is 5.38 Å². The Labute approximate surface area is 121 Å². The van der Waals surface area contributed by atoms with Crippen molar-refractivity contribution in [3.8, 4) is 5.75 Å². The number of methoxy groups -OCH3 is 1. The lowest BCUT2D eigenvalue weighted by Gasteiger charge is -2.16. The number of nitrogens with two attached hydrogens (primary N) is 1. The number of rotatable bonds is 5. The first-order chi connectivity index (χ1) is 9.41. The van der Waals surface area contributed by atoms with Gasteiger partial charge >= 0.3 is 0 Å². The average molecular weight is 313 g/mol. The van der Waals surface area contributed by atoms with E-state index in [0.29, 0.717) is 11.4 Å². The first-order valence-corrected chi connectivity index (χ1v) is 8.26. The van der Waals surface area contributed by atoms with E-state index in [4.69, 9.17) is 9.88 Å². The SMILES string of the molecule is COc1ccc(S(N)(=O)=O)cc1NC(C)c1cscn1. The van der Waals surface area contributed by atoms with Gasteiger partial charge in [0.1, 0.15) is 5.75 Å². The van der Waals surface area contributed by atoms with Gasteiger partial charge in [-0.15, -0.1) is 11.3 Å². The lowest BCUT2D eigenvalue weighted by atomic mass is 10.2. The third-order valence-corrected chi connectivity index (χ3v) is 4.28. The summed E-state index contributed by atoms with van der Waals surface area (Å²) in [7, 11) is -2.23. The molecular weight excluding hydrogens is 298 g/mol. The fraction of sp³-hybridized carbons (Fsp3) is 0.250. The van der Waals surface area contributed by atoms with Crippen LogP contribution in [0.2, 0.25) is 0 Å². The number of aromatic nitrogens is 1. The highest BCUT2D eigenvalue weighted by atomic mass is 32.2. The zero-order valence-electron chi connectivity index (χ0n) is 11.0. The van der Waals surface area contributed by atoms with E-state index in [-0.39, 0.29) is 10.9 Å². The third kappa shape index (κ3) is 3.27. The Hall–Kier alpha value is -1.64. The van der Waals surface area contributed by atoms with Crippen LogP contribution < -0.4 is 15.2 Å². The van der Waals surface area contributed by atoms with Crippen molar-refractivity contribution in [2.24, 2.45) is 5.14 Å². The number of nitrogens with one attached hydrogen (secondary N) is 1. The van der Waals surface area contributed by atoms with Gasteiger partial charge in [-0.2, -0.15) is 0 Å². The Morgan fingerprint density at radius 2 is 2.20 bits per heavy atom. The van der Waals surface area contributed by atoms with Gasteiger partial charge in [0.25, 0.3) is 0 Å². The number of primary sulfonamides is 1. The van der Waals surface area contributed by atoms with Gasteiger partial charge in [0.05, 0.1) is 34.9 Å². The molecule has 1 unspecified atom stereocenters. The monoisotopic (exact) mass is 313 g/mol. The highest BCUT2D eigenvalue weighted by Gasteiger charge is 2.15. The second-order valence-corrected chi connectivity index (χ2v) is 6.47. The molecule has 2 aromatic rings. The summed E-state index contributed by atoms with van der Waals surface area (Å²) in [6.45, 7) is 1.93. The molecular formula is C12H15N3O3S2. The predicted molar refractivity (Wildman–Crippen MR) is 78.5 cm³/mol. The van der Waals surface area contributed by atoms with Gasteiger partial charge in [0.15, 0.2) is 0 Å². The highest BCUT2D eigenvalue weighted by Crippen LogP contribution is 2.30. The molecule has 0 fully saturated rings. The summed E-state index contributed by atoms with van der Waals surface area (Å²) >= 11 is 1.50. The molecule has 0 saturated carbocycles. The van der Waals surface area contributed by atoms with Crippen LogP contribution in [0.1, 0.15) is 18.7 Å². The molecule has 0 radical (unpaired) electrons. The summed E-state index contributed by atoms with van der Waals surface area (Å²) in [6.07, 6.45) is 0. The zero-order chi connectivity index (χ0) is 14.8. The lowest BCUT2D eigenvalue weighted by molar-refractivity contribution is 0.415. The largest absolute Gasteiger partial charge is 0.495 e. The van der Waals surface area contributed by atoms with Crippen LogP contribution in [0.25, 0.3) is 0 Å². The number of hydrogen-bond donors (Lipinski definition) is 2. The van der Waals surface area contributed by atoms with E-state index in [9.17, 15) is 8.42 Å². The molecule has 108 valence electrons. The van der Waals surface area contributed by atoms with Crippen molar-refractivity contribution in [2.45, 2.75) is 17.9 Å². The number of sulfonamides is 1. The molecule has 0 spiro atoms. The number of nitrogens with zero attached hydrogens (tertiary/aromatic N) is 1. The number of thiazole rings is 1. The van der Waals surface area contributed by atoms with Gasteiger partial charge in [0.2, 0.25) is 10.0 Å². The average Bonchev–Trinajstić information content (AvgIpc) is 2.91. The molecule has 20 heavy (non-hydrogen) atoms. The standard InChI is InChI=1S/C12H15N3O3S2/c1-8(11-6-19-7-14-11)15-10-5-9(20(13,16)17)3-4-12(10)18-2/h3-8,15H,1-2H3,(H2,13,16,17). The van der Waals surface area contributed by atoms with Gasteiger partial charge < -0.3 is 10.1 Å². The van der Waals surface area contributed by atoms with Crippen LogP contribution in [0.5, 0.6) is 5.75 Å². The van der Waals surface area contributed by atoms with Crippen molar-refractivity contribution in [2.75, 3.05) is 12.4 Å². The summed E-state index contributed by atoms with van der Waals surface area (Å²) in [5.41, 5.74) is 3.17. The van der Waals surface area contributed by atoms with Crippen LogP contribution in [-0.2, 0) is 10.0 Å². The summed E-state index contributed by atoms with van der Waals surface area (Å²) in [4.78, 5) is 4.24. The lowest BCUT2D eigenvalue weighted by Crippen LogP contribution is -2.13. The van der Waals surface area contributed by atoms with E-state index in [1.165, 1.54) is 30.6 Å². The molecule has 0 amide bonds. The molecule has 0 saturated heterocycles. The molecule has 1 heterocycles. The second kappa shape index (κ2) is 5.78. The third-order valence-electron chi connectivity index (χ3n) is 2.77. The summed E-state index contributed by atoms with van der Waals surface area (Å²) < 4.78 is 28.0. The minimum absolute atomic E-state index is 0.0336. The Balaban J connectivity index is 2.34. The topological polar surface area (TPSA) is 94.3 Å². The molecule has 0 aliphatic rings. The van der Waals surface area contributed by atoms with Crippen molar-refractivity contribution in [1.29, 1.82) is 0 Å². The smallest absolute Gasteiger partial charge is 0.238 e. The summed E-state index contributed by atoms with van der Waals surface area (Å²) in [5, 5.41) is 10.2. The van der Waals surface area contributed by atoms with Crippen LogP contribution in [0.15, 0.2) is 34.0 Å². The van der Waals surface area contributed by atoms with Crippen molar-refractivity contribution >= 4 is 27.0 Å². The molecule has 0 aliphatic carbocycles. The Bertz CT molecular complexity index is 684. The van der Waals surface area contributed by atoms with Crippen LogP contribution in [0.4, 0.5) is 5.69 Å². The minimum atomic E-state index is -3.75. The van der Waals surface area contributed by atoms with Crippen LogP contribution in [0, 0.1) is 0 Å². The molecule has 6 nitrogen and oxygen atoms in total. The molecule has 1 aromatic carbocycles. The van der Waals surface area contributed by atoms with E-state index in [0.717, 1.165) is 5.69 Å². The van der Waals surface area contributed by atoms with E-state index in [1.54, 1.807) is 11.6 Å². The summed E-state index contributed by atoms with van der Waals surface area (Å²) in [6, 6.07) is 4.35. The second-order valence-electron chi connectivity index (χ2n) is 4.19. The van der Waals surface area contributed by atoms with E-state index in [1.807, 2.05) is 12.3 Å². The normalized spacial score (nSPS) is 12.9. The van der Waals surface area contributed by atoms with E-state index < -0.39 is 10.0 Å². The number of ether oxygens (including phenoxy) is 1. The van der Waals surface area contributed by atoms with Gasteiger partial charge in [-0.25, -0.2) is 18.5 Å². The molecule has 0 bridgehead atoms. The summed E-state index contributed by atoms with van der Waals surface area (Å²) in [5.74, 6) is 0.541. The zero-order valence-corrected chi connectivity index (χ0v) is 12.7. The van der Waals surface area contributed by atoms with Crippen LogP contribution in [0.3, 0.4) is 0 Å². The maximum absolute atomic E-state index is 11.4. The van der Waals surface area contributed by atoms with Crippen molar-refractivity contribution in [3.63, 3.8) is 0 Å². The number of anilines is 1. The highest BCUT2D eigenvalue weighted by molar-refractivity contribution is 7.89. The Morgan fingerprint density at radius 1 is 1.45 bits per heavy atom. The molecule has 1 aromatic heterocycles. The maximum atomic E-state index is 11.4. The quantitative estimate of drug-likeness (QED) is 0.880. The van der Waals surface area contributed by atoms with Gasteiger partial charge in [-0.05, 0) is 25.1 Å². The number of benzene rings is 1. The minimum Gasteiger partial charge on any atom is -0.495 e. The molecule has 0 aliphatic heterocycles. The molecule has 1 atom stereocenters. The maximum Gasteiger partial charge on any atom is 0.238 e. The molecule has 3 N–H and O–H groups in total. The predicted octanol–water partition coefficient (Wildman–Crippen LogP) is 1.97. The molecule has 2 rings (SSSR count). The van der Waals surface area contributed by atoms with Gasteiger partial charge in [-0.1, -0.05) is 0 Å². The first kappa shape index (κ1) is 14.8. The van der Waals surface area contributed by atoms with Crippen molar-refractivity contribution in [1.82, 2.24) is 4.98 Å². The van der Waals surface area contributed by atoms with Crippen LogP contribution >= 0.6 is 11.3 Å². The fourth-order valence-electron chi connectivity index (χ4n) is 1.72. The Kier molecular flexibility index (Phi) is 4.26. The van der Waals surface area contributed by atoms with Crippen LogP contribution in [-0.4, -0.2) is 20.5 Å². The van der Waals surface area contributed by atoms with Crippen molar-refractivity contribution < 1.29 is 13.2 Å². The van der Waals surface area contributed by atoms with E-state index in [2.05, 4.69) is 10.3 Å². The first-order valence-electron chi connectivity index (χ1n) is 5.77. The molecule has 8 heteroatoms. The van der Waals surface area contributed by atoms with Crippen molar-refractivity contribution in [3.05, 3.63) is 34.8 Å². The number of hydrogen-bond acceptors (Lipinski definition) is 6. The van der Waals surface area contributed by atoms with Gasteiger partial charge in [-0.3, -0.25) is 0 Å².